The van der Waals surface area contributed by atoms with Crippen molar-refractivity contribution in [3.05, 3.63) is 67.1 Å². The van der Waals surface area contributed by atoms with Gasteiger partial charge in [-0.05, 0) is 43.0 Å². The summed E-state index contributed by atoms with van der Waals surface area (Å²) in [5, 5.41) is 0. The third kappa shape index (κ3) is 51.8. The van der Waals surface area contributed by atoms with Crippen LogP contribution in [0, 0.1) is 50.9 Å². The number of methoxy groups -OCH3 is 1. The number of nitrogens with zero attached hydrogens (tertiary/aromatic N) is 1. The molecule has 49 heavy (non-hydrogen) atoms. The molecule has 0 spiro atoms. The maximum absolute atomic E-state index is 12.4. The summed E-state index contributed by atoms with van der Waals surface area (Å²) in [4.78, 5) is 1.92. The number of alkyl halides is 3. The number of rotatable bonds is 16. The Morgan fingerprint density at radius 3 is 1.59 bits per heavy atom. The molecule has 0 N–H and O–H groups in total. The molecule has 0 fully saturated rings. The molecule has 0 saturated heterocycles. The van der Waals surface area contributed by atoms with Gasteiger partial charge in [-0.1, -0.05) is 164 Å². The zero-order valence-electron chi connectivity index (χ0n) is 34.8. The van der Waals surface area contributed by atoms with Gasteiger partial charge in [0.05, 0.1) is 13.0 Å². The van der Waals surface area contributed by atoms with Crippen molar-refractivity contribution in [1.29, 1.82) is 0 Å². The van der Waals surface area contributed by atoms with Gasteiger partial charge in [0.15, 0.2) is 0 Å². The number of benzene rings is 1. The topological polar surface area (TPSA) is 12.5 Å². The monoisotopic (exact) mass is 924 g/mol. The Bertz CT molecular complexity index is 781. The van der Waals surface area contributed by atoms with Gasteiger partial charge in [0.25, 0.3) is 0 Å². The Morgan fingerprint density at radius 1 is 0.816 bits per heavy atom. The SMILES string of the molecule is CC/C=C(C)\C=C(\COC)N(C)c1ccc(CC(F)(F)F)cc1.CCCC.CCCC.CCCCCC(C)CC.[CH2-]CC.[CH2-]CCCC.[U+2]. The second kappa shape index (κ2) is 47.3. The zero-order chi connectivity index (χ0) is 38.2. The molecule has 1 aromatic rings. The first-order valence-electron chi connectivity index (χ1n) is 19.1. The maximum Gasteiger partial charge on any atom is 2.00 e. The van der Waals surface area contributed by atoms with Gasteiger partial charge in [0, 0.05) is 25.5 Å². The van der Waals surface area contributed by atoms with Crippen LogP contribution in [-0.2, 0) is 11.2 Å². The summed E-state index contributed by atoms with van der Waals surface area (Å²) >= 11 is 0. The number of unbranched alkanes of at least 4 members (excludes halogenated alkanes) is 6. The summed E-state index contributed by atoms with van der Waals surface area (Å²) in [5.74, 6) is 0.955. The Labute approximate surface area is 330 Å². The number of allylic oxidation sites excluding steroid dienone is 3. The van der Waals surface area contributed by atoms with Crippen LogP contribution in [0.2, 0.25) is 0 Å². The average molecular weight is 924 g/mol. The Morgan fingerprint density at radius 2 is 1.29 bits per heavy atom. The predicted octanol–water partition coefficient (Wildman–Crippen LogP) is 15.6. The van der Waals surface area contributed by atoms with E-state index in [2.05, 4.69) is 82.2 Å². The van der Waals surface area contributed by atoms with Crippen LogP contribution in [-0.4, -0.2) is 26.9 Å². The summed E-state index contributed by atoms with van der Waals surface area (Å²) in [5.41, 5.74) is 3.15. The fraction of sp³-hybridized carbons (Fsp3) is 0.721. The van der Waals surface area contributed by atoms with Gasteiger partial charge in [0.2, 0.25) is 0 Å². The molecule has 290 valence electrons. The van der Waals surface area contributed by atoms with Crippen LogP contribution in [0.5, 0.6) is 0 Å². The summed E-state index contributed by atoms with van der Waals surface area (Å²) < 4.78 is 42.4. The molecular weight excluding hydrogens is 842 g/mol. The molecule has 0 aliphatic rings. The second-order valence-electron chi connectivity index (χ2n) is 12.2. The van der Waals surface area contributed by atoms with E-state index in [-0.39, 0.29) is 36.7 Å². The number of ether oxygens (including phenoxy) is 1. The van der Waals surface area contributed by atoms with E-state index in [9.17, 15) is 13.2 Å². The van der Waals surface area contributed by atoms with Gasteiger partial charge < -0.3 is 23.5 Å². The minimum atomic E-state index is -4.18. The van der Waals surface area contributed by atoms with Crippen LogP contribution in [0.1, 0.15) is 172 Å². The zero-order valence-corrected chi connectivity index (χ0v) is 38.9. The van der Waals surface area contributed by atoms with Crippen LogP contribution in [0.3, 0.4) is 0 Å². The Kier molecular flexibility index (Phi) is 58.3. The van der Waals surface area contributed by atoms with E-state index >= 15 is 0 Å². The molecule has 1 unspecified atom stereocenters. The molecule has 2 nitrogen and oxygen atoms in total. The molecule has 1 aromatic carbocycles. The molecule has 0 aromatic heterocycles. The number of hydrogen-bond acceptors (Lipinski definition) is 2. The fourth-order valence-corrected chi connectivity index (χ4v) is 3.46. The van der Waals surface area contributed by atoms with Gasteiger partial charge in [-0.3, -0.25) is 0 Å². The van der Waals surface area contributed by atoms with Crippen molar-refractivity contribution in [2.24, 2.45) is 5.92 Å². The van der Waals surface area contributed by atoms with Crippen molar-refractivity contribution in [2.45, 2.75) is 179 Å². The van der Waals surface area contributed by atoms with E-state index in [0.29, 0.717) is 6.61 Å². The molecule has 0 heterocycles. The van der Waals surface area contributed by atoms with Crippen molar-refractivity contribution in [1.82, 2.24) is 0 Å². The molecule has 6 heteroatoms. The van der Waals surface area contributed by atoms with Crippen molar-refractivity contribution in [3.8, 4) is 0 Å². The van der Waals surface area contributed by atoms with Crippen LogP contribution in [0.4, 0.5) is 18.9 Å². The second-order valence-corrected chi connectivity index (χ2v) is 12.2. The van der Waals surface area contributed by atoms with Gasteiger partial charge in [0.1, 0.15) is 0 Å². The van der Waals surface area contributed by atoms with Crippen LogP contribution >= 0.6 is 0 Å². The predicted molar refractivity (Wildman–Crippen MR) is 214 cm³/mol. The minimum absolute atomic E-state index is 0. The smallest absolute Gasteiger partial charge is 0.378 e. The molecule has 0 aliphatic heterocycles. The molecule has 0 radical (unpaired) electrons. The Hall–Kier alpha value is -0.698. The normalized spacial score (nSPS) is 11.2. The first-order valence-corrected chi connectivity index (χ1v) is 19.1. The van der Waals surface area contributed by atoms with E-state index in [1.807, 2.05) is 31.9 Å². The summed E-state index contributed by atoms with van der Waals surface area (Å²) in [6.45, 7) is 31.5. The first kappa shape index (κ1) is 60.4. The van der Waals surface area contributed by atoms with E-state index in [1.54, 1.807) is 19.2 Å². The quantitative estimate of drug-likeness (QED) is 0.0931. The van der Waals surface area contributed by atoms with Gasteiger partial charge in [-0.2, -0.15) is 26.0 Å². The van der Waals surface area contributed by atoms with Crippen LogP contribution in [0.25, 0.3) is 0 Å². The third-order valence-corrected chi connectivity index (χ3v) is 6.97. The summed E-state index contributed by atoms with van der Waals surface area (Å²) in [6.07, 6.45) is 16.9. The van der Waals surface area contributed by atoms with E-state index < -0.39 is 12.6 Å². The van der Waals surface area contributed by atoms with Crippen molar-refractivity contribution in [3.63, 3.8) is 0 Å². The average Bonchev–Trinajstić information content (AvgIpc) is 3.05. The van der Waals surface area contributed by atoms with Gasteiger partial charge >= 0.3 is 37.3 Å². The fourth-order valence-electron chi connectivity index (χ4n) is 3.46. The molecule has 1 rings (SSSR count). The number of halogens is 3. The third-order valence-electron chi connectivity index (χ3n) is 6.97. The maximum atomic E-state index is 12.4. The van der Waals surface area contributed by atoms with E-state index in [4.69, 9.17) is 4.74 Å². The van der Waals surface area contributed by atoms with E-state index in [0.717, 1.165) is 42.1 Å². The molecular formula is C43H82F3NOU. The van der Waals surface area contributed by atoms with Crippen LogP contribution < -0.4 is 4.90 Å². The standard InChI is InChI=1S/C18H24F3NO.C9H20.C5H11.2C4H10.C3H7.U/c1-5-6-14(2)11-17(13-23-4)22(3)16-9-7-15(8-10-16)12-18(19,20)21;1-4-6-7-8-9(3)5-2;1-3-5-4-2;2*1-3-4-2;1-3-2;/h6-11H,5,12-13H2,1-4H3;9H,4-8H2,1-3H3;1,3-5H2,2H3;2*3-4H2,1-2H3;1,3H2,2H3;/q;;-1;;;-1;+2/b14-6-,17-11-;;;;;;. The van der Waals surface area contributed by atoms with Crippen molar-refractivity contribution >= 4 is 5.69 Å². The number of hydrogen-bond donors (Lipinski definition) is 0. The molecule has 0 saturated carbocycles. The Balaban J connectivity index is -0.000000145. The largest absolute Gasteiger partial charge is 2.00 e. The van der Waals surface area contributed by atoms with Gasteiger partial charge in [-0.25, -0.2) is 0 Å². The summed E-state index contributed by atoms with van der Waals surface area (Å²) in [7, 11) is 3.50. The molecule has 0 aliphatic carbocycles. The van der Waals surface area contributed by atoms with Crippen molar-refractivity contribution in [2.75, 3.05) is 25.7 Å². The van der Waals surface area contributed by atoms with Crippen molar-refractivity contribution < 1.29 is 49.0 Å². The molecule has 0 amide bonds. The van der Waals surface area contributed by atoms with E-state index in [1.165, 1.54) is 82.8 Å². The molecule has 1 atom stereocenters. The first-order chi connectivity index (χ1) is 22.7. The number of anilines is 1. The summed E-state index contributed by atoms with van der Waals surface area (Å²) in [6, 6.07) is 6.42. The van der Waals surface area contributed by atoms with Gasteiger partial charge in [-0.15, -0.1) is 0 Å². The molecule has 0 bridgehead atoms. The number of likely N-dealkylation sites (N-methyl/N-ethyl adjacent to an activating group) is 1. The van der Waals surface area contributed by atoms with Crippen LogP contribution in [0.15, 0.2) is 47.7 Å². The minimum Gasteiger partial charge on any atom is -0.378 e.